The van der Waals surface area contributed by atoms with Crippen molar-refractivity contribution in [3.8, 4) is 0 Å². The van der Waals surface area contributed by atoms with Crippen LogP contribution in [-0.2, 0) is 10.0 Å². The largest absolute Gasteiger partial charge is 0.265 e. The number of H-pyrrole nitrogens is 1. The van der Waals surface area contributed by atoms with Gasteiger partial charge < -0.3 is 0 Å². The van der Waals surface area contributed by atoms with Gasteiger partial charge in [-0.25, -0.2) is 13.6 Å². The molecule has 0 aliphatic rings. The fourth-order valence-electron chi connectivity index (χ4n) is 1.24. The van der Waals surface area contributed by atoms with Gasteiger partial charge in [0.05, 0.1) is 0 Å². The van der Waals surface area contributed by atoms with Crippen LogP contribution in [0.25, 0.3) is 10.9 Å². The van der Waals surface area contributed by atoms with E-state index in [1.54, 1.807) is 6.07 Å². The molecular weight excluding hydrogens is 306 g/mol. The van der Waals surface area contributed by atoms with Gasteiger partial charge in [0.25, 0.3) is 10.0 Å². The second kappa shape index (κ2) is 3.44. The van der Waals surface area contributed by atoms with Crippen molar-refractivity contribution in [1.82, 2.24) is 10.2 Å². The van der Waals surface area contributed by atoms with Crippen LogP contribution in [0.4, 0.5) is 0 Å². The Kier molecular flexibility index (Phi) is 2.50. The van der Waals surface area contributed by atoms with E-state index in [2.05, 4.69) is 26.1 Å². The molecule has 0 atom stereocenters. The average molecular weight is 311 g/mol. The summed E-state index contributed by atoms with van der Waals surface area (Å²) in [6.07, 6.45) is 0. The Morgan fingerprint density at radius 1 is 1.47 bits per heavy atom. The van der Waals surface area contributed by atoms with E-state index < -0.39 is 10.0 Å². The summed E-state index contributed by atoms with van der Waals surface area (Å²) >= 11 is 9.02. The maximum Gasteiger partial charge on any atom is 0.255 e. The van der Waals surface area contributed by atoms with Gasteiger partial charge in [0.1, 0.15) is 5.52 Å². The van der Waals surface area contributed by atoms with Crippen molar-refractivity contribution < 1.29 is 8.42 Å². The molecule has 1 heterocycles. The summed E-state index contributed by atoms with van der Waals surface area (Å²) in [4.78, 5) is 0. The first-order valence-corrected chi connectivity index (χ1v) is 6.47. The lowest BCUT2D eigenvalue weighted by Crippen LogP contribution is -2.12. The lowest BCUT2D eigenvalue weighted by molar-refractivity contribution is 0.594. The lowest BCUT2D eigenvalue weighted by atomic mass is 10.3. The van der Waals surface area contributed by atoms with Crippen molar-refractivity contribution in [2.75, 3.05) is 0 Å². The molecule has 0 spiro atoms. The molecule has 1 aromatic carbocycles. The van der Waals surface area contributed by atoms with Gasteiger partial charge in [0, 0.05) is 14.9 Å². The molecule has 0 amide bonds. The summed E-state index contributed by atoms with van der Waals surface area (Å²) in [5.74, 6) is 0. The minimum atomic E-state index is -3.82. The highest BCUT2D eigenvalue weighted by Gasteiger charge is 2.17. The predicted octanol–water partition coefficient (Wildman–Crippen LogP) is 1.63. The smallest absolute Gasteiger partial charge is 0.255 e. The van der Waals surface area contributed by atoms with E-state index >= 15 is 0 Å². The molecule has 3 N–H and O–H groups in total. The zero-order valence-electron chi connectivity index (χ0n) is 7.16. The number of rotatable bonds is 1. The van der Waals surface area contributed by atoms with Crippen LogP contribution in [0.1, 0.15) is 0 Å². The van der Waals surface area contributed by atoms with Crippen LogP contribution < -0.4 is 5.14 Å². The molecule has 1 aromatic heterocycles. The standard InChI is InChI=1S/C7H5BrClN3O2S/c8-5-2-3(9)1-4-6(5)11-12-7(4)15(10,13)14/h1-2H,(H,11,12)(H2,10,13,14). The second-order valence-corrected chi connectivity index (χ2v) is 5.67. The highest BCUT2D eigenvalue weighted by Crippen LogP contribution is 2.29. The first-order valence-electron chi connectivity index (χ1n) is 3.75. The molecule has 15 heavy (non-hydrogen) atoms. The van der Waals surface area contributed by atoms with Crippen molar-refractivity contribution in [2.45, 2.75) is 5.03 Å². The van der Waals surface area contributed by atoms with E-state index in [-0.39, 0.29) is 5.03 Å². The molecule has 8 heteroatoms. The molecule has 80 valence electrons. The third-order valence-corrected chi connectivity index (χ3v) is 3.53. The highest BCUT2D eigenvalue weighted by molar-refractivity contribution is 9.10. The number of sulfonamides is 1. The predicted molar refractivity (Wildman–Crippen MR) is 60.2 cm³/mol. The van der Waals surface area contributed by atoms with Gasteiger partial charge in [-0.2, -0.15) is 5.10 Å². The second-order valence-electron chi connectivity index (χ2n) is 2.88. The van der Waals surface area contributed by atoms with Gasteiger partial charge in [0.15, 0.2) is 5.03 Å². The van der Waals surface area contributed by atoms with E-state index in [1.165, 1.54) is 6.07 Å². The SMILES string of the molecule is NS(=O)(=O)c1[nH]nc2c(Br)cc(Cl)cc12. The number of fused-ring (bicyclic) bond motifs is 1. The van der Waals surface area contributed by atoms with Crippen LogP contribution in [0.3, 0.4) is 0 Å². The molecule has 5 nitrogen and oxygen atoms in total. The first kappa shape index (κ1) is 10.9. The quantitative estimate of drug-likeness (QED) is 0.839. The molecular formula is C7H5BrClN3O2S. The minimum Gasteiger partial charge on any atom is -0.265 e. The minimum absolute atomic E-state index is 0.138. The summed E-state index contributed by atoms with van der Waals surface area (Å²) in [5, 5.41) is 11.9. The Labute approximate surface area is 98.8 Å². The molecule has 2 rings (SSSR count). The fraction of sp³-hybridized carbons (Fsp3) is 0. The van der Waals surface area contributed by atoms with Crippen molar-refractivity contribution in [3.63, 3.8) is 0 Å². The summed E-state index contributed by atoms with van der Waals surface area (Å²) in [6.45, 7) is 0. The van der Waals surface area contributed by atoms with Gasteiger partial charge in [-0.05, 0) is 28.1 Å². The Hall–Kier alpha value is -0.630. The Morgan fingerprint density at radius 3 is 2.73 bits per heavy atom. The average Bonchev–Trinajstić information content (AvgIpc) is 2.45. The first-order chi connectivity index (χ1) is 6.89. The van der Waals surface area contributed by atoms with Crippen molar-refractivity contribution in [2.24, 2.45) is 5.14 Å². The third-order valence-electron chi connectivity index (χ3n) is 1.83. The van der Waals surface area contributed by atoms with Crippen molar-refractivity contribution >= 4 is 48.5 Å². The van der Waals surface area contributed by atoms with Crippen LogP contribution in [0.5, 0.6) is 0 Å². The Balaban J connectivity index is 2.92. The molecule has 2 aromatic rings. The van der Waals surface area contributed by atoms with Crippen LogP contribution in [0.15, 0.2) is 21.6 Å². The fourth-order valence-corrected chi connectivity index (χ4v) is 2.77. The van der Waals surface area contributed by atoms with Gasteiger partial charge >= 0.3 is 0 Å². The maximum atomic E-state index is 11.2. The van der Waals surface area contributed by atoms with Crippen LogP contribution in [0, 0.1) is 0 Å². The highest BCUT2D eigenvalue weighted by atomic mass is 79.9. The van der Waals surface area contributed by atoms with Gasteiger partial charge in [-0.1, -0.05) is 11.6 Å². The summed E-state index contributed by atoms with van der Waals surface area (Å²) in [6, 6.07) is 3.11. The molecule has 0 fully saturated rings. The van der Waals surface area contributed by atoms with Crippen LogP contribution >= 0.6 is 27.5 Å². The van der Waals surface area contributed by atoms with Gasteiger partial charge in [-0.3, -0.25) is 5.10 Å². The summed E-state index contributed by atoms with van der Waals surface area (Å²) in [7, 11) is -3.82. The number of hydrogen-bond donors (Lipinski definition) is 2. The number of benzene rings is 1. The number of primary sulfonamides is 1. The molecule has 0 saturated heterocycles. The van der Waals surface area contributed by atoms with Crippen LogP contribution in [-0.4, -0.2) is 18.6 Å². The summed E-state index contributed by atoms with van der Waals surface area (Å²) < 4.78 is 23.0. The number of nitrogens with one attached hydrogen (secondary N) is 1. The molecule has 0 radical (unpaired) electrons. The molecule has 0 aliphatic heterocycles. The monoisotopic (exact) mass is 309 g/mol. The molecule has 0 unspecified atom stereocenters. The molecule has 0 bridgehead atoms. The van der Waals surface area contributed by atoms with E-state index in [1.807, 2.05) is 0 Å². The Morgan fingerprint density at radius 2 is 2.13 bits per heavy atom. The van der Waals surface area contributed by atoms with E-state index in [0.717, 1.165) is 0 Å². The number of aromatic amines is 1. The van der Waals surface area contributed by atoms with Crippen LogP contribution in [0.2, 0.25) is 5.02 Å². The van der Waals surface area contributed by atoms with Gasteiger partial charge in [0.2, 0.25) is 0 Å². The topological polar surface area (TPSA) is 88.8 Å². The number of aromatic nitrogens is 2. The normalized spacial score (nSPS) is 12.2. The lowest BCUT2D eigenvalue weighted by Gasteiger charge is -1.96. The number of halogens is 2. The number of nitrogens with two attached hydrogens (primary N) is 1. The van der Waals surface area contributed by atoms with Gasteiger partial charge in [-0.15, -0.1) is 0 Å². The van der Waals surface area contributed by atoms with E-state index in [4.69, 9.17) is 16.7 Å². The molecule has 0 saturated carbocycles. The van der Waals surface area contributed by atoms with E-state index in [0.29, 0.717) is 20.4 Å². The number of hydrogen-bond acceptors (Lipinski definition) is 3. The van der Waals surface area contributed by atoms with Crippen molar-refractivity contribution in [1.29, 1.82) is 0 Å². The Bertz CT molecular complexity index is 637. The van der Waals surface area contributed by atoms with Crippen molar-refractivity contribution in [3.05, 3.63) is 21.6 Å². The number of nitrogens with zero attached hydrogens (tertiary/aromatic N) is 1. The van der Waals surface area contributed by atoms with E-state index in [9.17, 15) is 8.42 Å². The maximum absolute atomic E-state index is 11.2. The molecule has 0 aliphatic carbocycles. The summed E-state index contributed by atoms with van der Waals surface area (Å²) in [5.41, 5.74) is 0.475. The third kappa shape index (κ3) is 1.87. The zero-order valence-corrected chi connectivity index (χ0v) is 10.3. The zero-order chi connectivity index (χ0) is 11.2.